The van der Waals surface area contributed by atoms with Gasteiger partial charge in [-0.1, -0.05) is 77.8 Å². The number of aliphatic hydroxyl groups is 2. The van der Waals surface area contributed by atoms with E-state index in [1.54, 1.807) is 49.9 Å². The highest BCUT2D eigenvalue weighted by Crippen LogP contribution is 2.29. The highest BCUT2D eigenvalue weighted by atomic mass is 16.5. The average Bonchev–Trinajstić information content (AvgIpc) is 3.61. The highest BCUT2D eigenvalue weighted by molar-refractivity contribution is 5.87. The molecule has 52 heavy (non-hydrogen) atoms. The van der Waals surface area contributed by atoms with Crippen LogP contribution in [0.2, 0.25) is 0 Å². The van der Waals surface area contributed by atoms with Crippen molar-refractivity contribution in [3.05, 3.63) is 35.9 Å². The van der Waals surface area contributed by atoms with Gasteiger partial charge in [0.25, 0.3) is 0 Å². The van der Waals surface area contributed by atoms with Crippen molar-refractivity contribution in [2.75, 3.05) is 61.7 Å². The minimum absolute atomic E-state index is 0.0197. The van der Waals surface area contributed by atoms with Gasteiger partial charge in [-0.3, -0.25) is 24.1 Å². The lowest BCUT2D eigenvalue weighted by Crippen LogP contribution is -2.55. The van der Waals surface area contributed by atoms with Crippen molar-refractivity contribution in [2.24, 2.45) is 11.8 Å². The van der Waals surface area contributed by atoms with E-state index in [0.717, 1.165) is 18.4 Å². The van der Waals surface area contributed by atoms with E-state index in [9.17, 15) is 29.4 Å². The number of nitrogens with zero attached hydrogens (tertiary/aromatic N) is 3. The van der Waals surface area contributed by atoms with Gasteiger partial charge >= 0.3 is 0 Å². The van der Waals surface area contributed by atoms with Crippen molar-refractivity contribution in [2.45, 2.75) is 116 Å². The zero-order valence-corrected chi connectivity index (χ0v) is 33.5. The third-order valence-electron chi connectivity index (χ3n) is 9.97. The molecule has 1 heterocycles. The Hall–Kier alpha value is -3.10. The molecular weight excluding hydrogens is 666 g/mol. The maximum absolute atomic E-state index is 14.0. The Bertz CT molecular complexity index is 1190. The molecule has 8 unspecified atom stereocenters. The van der Waals surface area contributed by atoms with Crippen molar-refractivity contribution in [1.82, 2.24) is 25.3 Å². The summed E-state index contributed by atoms with van der Waals surface area (Å²) < 4.78 is 11.8. The van der Waals surface area contributed by atoms with Crippen LogP contribution in [0.5, 0.6) is 0 Å². The van der Waals surface area contributed by atoms with Crippen LogP contribution in [0.3, 0.4) is 0 Å². The molecule has 0 saturated carbocycles. The Morgan fingerprint density at radius 2 is 1.62 bits per heavy atom. The molecule has 0 spiro atoms. The standard InChI is InChI=1S/C36H61N5O8.C3H8/c1-9-24(2)33(40(6)32(45)22-37-36(47)29(23-43)39(4)5)30(48-7)21-31(44)41-18-13-16-28(41)34(49-8)25(3)35(46)38-27(17-19-42)20-26-14-11-10-12-15-26;1-3-2/h10-12,14-15,24-25,27-30,33-34,42-43H,9,13,16-23H2,1-8H3,(H,37,47)(H,38,46);3H2,1-2H3. The molecule has 4 amide bonds. The van der Waals surface area contributed by atoms with Crippen molar-refractivity contribution in [1.29, 1.82) is 0 Å². The first-order chi connectivity index (χ1) is 24.8. The lowest BCUT2D eigenvalue weighted by Gasteiger charge is -2.39. The number of ether oxygens (including phenoxy) is 2. The zero-order chi connectivity index (χ0) is 39.4. The lowest BCUT2D eigenvalue weighted by atomic mass is 9.90. The molecule has 1 saturated heterocycles. The monoisotopic (exact) mass is 736 g/mol. The molecule has 13 heteroatoms. The number of hydrogen-bond acceptors (Lipinski definition) is 9. The molecule has 13 nitrogen and oxygen atoms in total. The van der Waals surface area contributed by atoms with Crippen LogP contribution in [0.1, 0.15) is 78.7 Å². The number of amides is 4. The Labute approximate surface area is 312 Å². The topological polar surface area (TPSA) is 161 Å². The van der Waals surface area contributed by atoms with Gasteiger partial charge in [-0.2, -0.15) is 0 Å². The van der Waals surface area contributed by atoms with Crippen LogP contribution in [0.4, 0.5) is 0 Å². The Morgan fingerprint density at radius 3 is 2.13 bits per heavy atom. The minimum atomic E-state index is -0.776. The molecule has 0 bridgehead atoms. The molecule has 1 aliphatic heterocycles. The Morgan fingerprint density at radius 1 is 0.981 bits per heavy atom. The first-order valence-electron chi connectivity index (χ1n) is 18.9. The smallest absolute Gasteiger partial charge is 0.242 e. The van der Waals surface area contributed by atoms with Crippen LogP contribution in [0, 0.1) is 11.8 Å². The molecular formula is C39H69N5O8. The van der Waals surface area contributed by atoms with Gasteiger partial charge < -0.3 is 40.1 Å². The molecule has 1 aromatic rings. The van der Waals surface area contributed by atoms with Gasteiger partial charge in [0.2, 0.25) is 23.6 Å². The van der Waals surface area contributed by atoms with Gasteiger partial charge in [0, 0.05) is 40.5 Å². The Kier molecular flexibility index (Phi) is 22.6. The summed E-state index contributed by atoms with van der Waals surface area (Å²) in [6.45, 7) is 9.88. The second-order valence-corrected chi connectivity index (χ2v) is 14.1. The van der Waals surface area contributed by atoms with Crippen molar-refractivity contribution in [3.8, 4) is 0 Å². The zero-order valence-electron chi connectivity index (χ0n) is 33.5. The van der Waals surface area contributed by atoms with Crippen LogP contribution < -0.4 is 10.6 Å². The predicted molar refractivity (Wildman–Crippen MR) is 203 cm³/mol. The van der Waals surface area contributed by atoms with Crippen molar-refractivity contribution in [3.63, 3.8) is 0 Å². The highest BCUT2D eigenvalue weighted by Gasteiger charge is 2.42. The minimum Gasteiger partial charge on any atom is -0.396 e. The Balaban J connectivity index is 0.00000434. The van der Waals surface area contributed by atoms with Gasteiger partial charge in [-0.05, 0) is 51.3 Å². The van der Waals surface area contributed by atoms with E-state index in [-0.39, 0.29) is 61.9 Å². The van der Waals surface area contributed by atoms with Gasteiger partial charge in [0.05, 0.1) is 49.8 Å². The van der Waals surface area contributed by atoms with E-state index >= 15 is 0 Å². The summed E-state index contributed by atoms with van der Waals surface area (Å²) in [6.07, 6.45) is 3.26. The molecule has 1 fully saturated rings. The van der Waals surface area contributed by atoms with Gasteiger partial charge in [0.15, 0.2) is 0 Å². The van der Waals surface area contributed by atoms with Crippen molar-refractivity contribution >= 4 is 23.6 Å². The van der Waals surface area contributed by atoms with E-state index < -0.39 is 36.1 Å². The first kappa shape index (κ1) is 46.9. The number of nitrogens with one attached hydrogen (secondary N) is 2. The number of rotatable bonds is 21. The summed E-state index contributed by atoms with van der Waals surface area (Å²) in [4.78, 5) is 58.2. The van der Waals surface area contributed by atoms with E-state index in [2.05, 4.69) is 24.5 Å². The predicted octanol–water partition coefficient (Wildman–Crippen LogP) is 2.47. The summed E-state index contributed by atoms with van der Waals surface area (Å²) in [5, 5.41) is 24.9. The maximum Gasteiger partial charge on any atom is 0.242 e. The van der Waals surface area contributed by atoms with E-state index in [1.165, 1.54) is 13.5 Å². The van der Waals surface area contributed by atoms with E-state index in [0.29, 0.717) is 25.8 Å². The SMILES string of the molecule is CCC.CCC(C)C(C(CC(=O)N1CCCC1C(OC)C(C)C(=O)NC(CCO)Cc1ccccc1)OC)N(C)C(=O)CNC(=O)C(CO)N(C)C. The third-order valence-corrected chi connectivity index (χ3v) is 9.97. The largest absolute Gasteiger partial charge is 0.396 e. The molecule has 4 N–H and O–H groups in total. The molecule has 8 atom stereocenters. The number of methoxy groups -OCH3 is 2. The summed E-state index contributed by atoms with van der Waals surface area (Å²) in [7, 11) is 8.08. The van der Waals surface area contributed by atoms with E-state index in [1.807, 2.05) is 44.2 Å². The van der Waals surface area contributed by atoms with Gasteiger partial charge in [-0.15, -0.1) is 0 Å². The lowest BCUT2D eigenvalue weighted by molar-refractivity contribution is -0.146. The summed E-state index contributed by atoms with van der Waals surface area (Å²) in [5.41, 5.74) is 1.06. The third kappa shape index (κ3) is 14.4. The fraction of sp³-hybridized carbons (Fsp3) is 0.744. The number of hydrogen-bond donors (Lipinski definition) is 4. The summed E-state index contributed by atoms with van der Waals surface area (Å²) >= 11 is 0. The molecule has 298 valence electrons. The molecule has 2 rings (SSSR count). The second kappa shape index (κ2) is 25.0. The first-order valence-corrected chi connectivity index (χ1v) is 18.9. The summed E-state index contributed by atoms with van der Waals surface area (Å²) in [6, 6.07) is 7.99. The molecule has 1 aliphatic rings. The van der Waals surface area contributed by atoms with Crippen LogP contribution in [-0.2, 0) is 35.1 Å². The quantitative estimate of drug-likeness (QED) is 0.149. The fourth-order valence-corrected chi connectivity index (χ4v) is 6.82. The number of carbonyl (C=O) groups excluding carboxylic acids is 4. The molecule has 0 aromatic heterocycles. The summed E-state index contributed by atoms with van der Waals surface area (Å²) in [5.74, 6) is -1.73. The van der Waals surface area contributed by atoms with Crippen LogP contribution in [0.25, 0.3) is 0 Å². The number of benzene rings is 1. The number of aliphatic hydroxyl groups excluding tert-OH is 2. The fourth-order valence-electron chi connectivity index (χ4n) is 6.82. The molecule has 0 aliphatic carbocycles. The molecule has 0 radical (unpaired) electrons. The van der Waals surface area contributed by atoms with Crippen molar-refractivity contribution < 1.29 is 38.9 Å². The van der Waals surface area contributed by atoms with Crippen LogP contribution in [-0.4, -0.2) is 147 Å². The number of carbonyl (C=O) groups is 4. The van der Waals surface area contributed by atoms with Crippen LogP contribution in [0.15, 0.2) is 30.3 Å². The molecule has 1 aromatic carbocycles. The van der Waals surface area contributed by atoms with E-state index in [4.69, 9.17) is 9.47 Å². The maximum atomic E-state index is 14.0. The normalized spacial score (nSPS) is 18.2. The number of likely N-dealkylation sites (N-methyl/N-ethyl adjacent to an activating group) is 2. The second-order valence-electron chi connectivity index (χ2n) is 14.1. The van der Waals surface area contributed by atoms with Gasteiger partial charge in [0.1, 0.15) is 6.04 Å². The average molecular weight is 736 g/mol. The van der Waals surface area contributed by atoms with Crippen LogP contribution >= 0.6 is 0 Å². The number of likely N-dealkylation sites (tertiary alicyclic amines) is 1. The van der Waals surface area contributed by atoms with Gasteiger partial charge in [-0.25, -0.2) is 0 Å².